The predicted octanol–water partition coefficient (Wildman–Crippen LogP) is 1.95. The number of allylic oxidation sites excluding steroid dienone is 1. The van der Waals surface area contributed by atoms with Crippen LogP contribution in [0, 0.1) is 0 Å². The van der Waals surface area contributed by atoms with Crippen LogP contribution in [0.5, 0.6) is 0 Å². The lowest BCUT2D eigenvalue weighted by atomic mass is 10.3. The Bertz CT molecular complexity index is 508. The lowest BCUT2D eigenvalue weighted by molar-refractivity contribution is -0.138. The first-order valence-electron chi connectivity index (χ1n) is 8.05. The molecule has 0 aromatic heterocycles. The van der Waals surface area contributed by atoms with Crippen molar-refractivity contribution in [2.75, 3.05) is 19.8 Å². The molecule has 26 heavy (non-hydrogen) atoms. The van der Waals surface area contributed by atoms with Crippen LogP contribution in [0.2, 0.25) is 0 Å². The summed E-state index contributed by atoms with van der Waals surface area (Å²) in [5.74, 6) is -1.27. The molecule has 0 radical (unpaired) electrons. The molecule has 1 fully saturated rings. The molecule has 0 aromatic rings. The van der Waals surface area contributed by atoms with Crippen molar-refractivity contribution in [2.45, 2.75) is 39.7 Å². The van der Waals surface area contributed by atoms with Gasteiger partial charge in [-0.3, -0.25) is 4.79 Å². The van der Waals surface area contributed by atoms with Gasteiger partial charge in [-0.1, -0.05) is 26.5 Å². The van der Waals surface area contributed by atoms with Gasteiger partial charge in [-0.15, -0.1) is 0 Å². The van der Waals surface area contributed by atoms with E-state index in [9.17, 15) is 14.4 Å². The third-order valence-electron chi connectivity index (χ3n) is 2.85. The highest BCUT2D eigenvalue weighted by Crippen LogP contribution is 2.08. The summed E-state index contributed by atoms with van der Waals surface area (Å²) >= 11 is 0. The standard InChI is InChI=1S/C9H16O3.C6H8O3.C3H5NO/c1-4-5-6-12-8(3)7(2)9(10)11;1-2-6(7)9-4-5-3-8-5;1-2-3(4)5/h4-6H2,1-3H3,(H,10,11);2,5H,1,3-4H2;2H,1H2,(H2,4,5). The number of amides is 1. The summed E-state index contributed by atoms with van der Waals surface area (Å²) < 4.78 is 14.6. The Kier molecular flexibility index (Phi) is 15.7. The van der Waals surface area contributed by atoms with Crippen molar-refractivity contribution < 1.29 is 33.7 Å². The molecule has 0 bridgehead atoms. The van der Waals surface area contributed by atoms with E-state index in [1.807, 2.05) is 0 Å². The molecular weight excluding hydrogens is 342 g/mol. The number of ether oxygens (including phenoxy) is 3. The maximum atomic E-state index is 10.4. The summed E-state index contributed by atoms with van der Waals surface area (Å²) in [5.41, 5.74) is 4.82. The molecule has 0 saturated carbocycles. The van der Waals surface area contributed by atoms with E-state index in [1.165, 1.54) is 0 Å². The zero-order chi connectivity index (χ0) is 20.5. The van der Waals surface area contributed by atoms with Crippen molar-refractivity contribution >= 4 is 17.8 Å². The minimum atomic E-state index is -0.913. The van der Waals surface area contributed by atoms with Gasteiger partial charge in [0.1, 0.15) is 18.5 Å². The minimum Gasteiger partial charge on any atom is -0.498 e. The molecule has 0 spiro atoms. The fourth-order valence-electron chi connectivity index (χ4n) is 1.03. The number of epoxide rings is 1. The van der Waals surface area contributed by atoms with Gasteiger partial charge >= 0.3 is 11.9 Å². The molecule has 1 aliphatic heterocycles. The Morgan fingerprint density at radius 1 is 1.23 bits per heavy atom. The summed E-state index contributed by atoms with van der Waals surface area (Å²) in [6.45, 7) is 13.3. The van der Waals surface area contributed by atoms with E-state index in [4.69, 9.17) is 14.6 Å². The number of aliphatic carboxylic acids is 1. The van der Waals surface area contributed by atoms with Gasteiger partial charge in [0.2, 0.25) is 5.91 Å². The maximum Gasteiger partial charge on any atom is 0.334 e. The van der Waals surface area contributed by atoms with Gasteiger partial charge in [0.25, 0.3) is 0 Å². The van der Waals surface area contributed by atoms with Crippen molar-refractivity contribution in [3.8, 4) is 0 Å². The molecule has 0 aromatic carbocycles. The van der Waals surface area contributed by atoms with Crippen LogP contribution >= 0.6 is 0 Å². The maximum absolute atomic E-state index is 10.4. The van der Waals surface area contributed by atoms with E-state index in [2.05, 4.69) is 30.6 Å². The molecular formula is C18H29NO7. The second-order valence-corrected chi connectivity index (χ2v) is 5.08. The van der Waals surface area contributed by atoms with E-state index in [1.54, 1.807) is 13.8 Å². The Morgan fingerprint density at radius 3 is 2.12 bits per heavy atom. The molecule has 1 rings (SSSR count). The number of esters is 1. The molecule has 1 atom stereocenters. The van der Waals surface area contributed by atoms with Crippen molar-refractivity contribution in [3.63, 3.8) is 0 Å². The summed E-state index contributed by atoms with van der Waals surface area (Å²) in [6, 6.07) is 0. The quantitative estimate of drug-likeness (QED) is 0.208. The fourth-order valence-corrected chi connectivity index (χ4v) is 1.03. The number of hydrogen-bond acceptors (Lipinski definition) is 6. The summed E-state index contributed by atoms with van der Waals surface area (Å²) in [7, 11) is 0. The van der Waals surface area contributed by atoms with Gasteiger partial charge in [0, 0.05) is 6.08 Å². The Labute approximate surface area is 154 Å². The highest BCUT2D eigenvalue weighted by atomic mass is 16.6. The van der Waals surface area contributed by atoms with Crippen molar-refractivity contribution in [2.24, 2.45) is 5.73 Å². The molecule has 1 saturated heterocycles. The molecule has 8 nitrogen and oxygen atoms in total. The second-order valence-electron chi connectivity index (χ2n) is 5.08. The Hall–Kier alpha value is -2.61. The third-order valence-corrected chi connectivity index (χ3v) is 2.85. The van der Waals surface area contributed by atoms with Gasteiger partial charge in [-0.25, -0.2) is 9.59 Å². The number of nitrogens with two attached hydrogens (primary N) is 1. The van der Waals surface area contributed by atoms with E-state index in [-0.39, 0.29) is 17.6 Å². The number of primary amides is 1. The number of unbranched alkanes of at least 4 members (excludes halogenated alkanes) is 1. The van der Waals surface area contributed by atoms with E-state index >= 15 is 0 Å². The van der Waals surface area contributed by atoms with Gasteiger partial charge < -0.3 is 25.1 Å². The zero-order valence-electron chi connectivity index (χ0n) is 15.7. The van der Waals surface area contributed by atoms with Gasteiger partial charge in [-0.2, -0.15) is 0 Å². The van der Waals surface area contributed by atoms with E-state index < -0.39 is 11.9 Å². The first-order chi connectivity index (χ1) is 12.2. The minimum absolute atomic E-state index is 0.147. The second kappa shape index (κ2) is 15.9. The van der Waals surface area contributed by atoms with Crippen LogP contribution in [-0.2, 0) is 28.6 Å². The lowest BCUT2D eigenvalue weighted by Crippen LogP contribution is -2.06. The summed E-state index contributed by atoms with van der Waals surface area (Å²) in [6.07, 6.45) is 4.36. The van der Waals surface area contributed by atoms with Crippen LogP contribution in [0.4, 0.5) is 0 Å². The first kappa shape index (κ1) is 25.6. The van der Waals surface area contributed by atoms with E-state index in [0.29, 0.717) is 25.6 Å². The normalized spacial score (nSPS) is 14.8. The molecule has 1 amide bonds. The SMILES string of the molecule is C=CC(=O)OCC1CO1.C=CC(N)=O.CCCCOC(C)=C(C)C(=O)O. The van der Waals surface area contributed by atoms with Crippen LogP contribution in [0.3, 0.4) is 0 Å². The molecule has 8 heteroatoms. The van der Waals surface area contributed by atoms with Gasteiger partial charge in [0.05, 0.1) is 18.8 Å². The van der Waals surface area contributed by atoms with Gasteiger partial charge in [-0.05, 0) is 26.3 Å². The Balaban J connectivity index is 0. The number of hydrogen-bond donors (Lipinski definition) is 2. The van der Waals surface area contributed by atoms with Crippen LogP contribution in [0.25, 0.3) is 0 Å². The number of carboxylic acid groups (broad SMARTS) is 1. The van der Waals surface area contributed by atoms with Crippen molar-refractivity contribution in [1.82, 2.24) is 0 Å². The third kappa shape index (κ3) is 17.7. The highest BCUT2D eigenvalue weighted by Gasteiger charge is 2.23. The average Bonchev–Trinajstić information content (AvgIpc) is 3.44. The van der Waals surface area contributed by atoms with Crippen LogP contribution in [-0.4, -0.2) is 48.9 Å². The topological polar surface area (TPSA) is 128 Å². The zero-order valence-corrected chi connectivity index (χ0v) is 15.7. The predicted molar refractivity (Wildman–Crippen MR) is 97.2 cm³/mol. The summed E-state index contributed by atoms with van der Waals surface area (Å²) in [4.78, 5) is 30.3. The largest absolute Gasteiger partial charge is 0.498 e. The van der Waals surface area contributed by atoms with Crippen molar-refractivity contribution in [3.05, 3.63) is 36.6 Å². The number of carboxylic acids is 1. The van der Waals surface area contributed by atoms with E-state index in [0.717, 1.165) is 25.0 Å². The Morgan fingerprint density at radius 2 is 1.77 bits per heavy atom. The summed E-state index contributed by atoms with van der Waals surface area (Å²) in [5, 5.41) is 8.57. The smallest absolute Gasteiger partial charge is 0.334 e. The highest BCUT2D eigenvalue weighted by molar-refractivity contribution is 5.86. The lowest BCUT2D eigenvalue weighted by Gasteiger charge is -2.06. The molecule has 148 valence electrons. The molecule has 1 heterocycles. The monoisotopic (exact) mass is 371 g/mol. The number of carbonyl (C=O) groups excluding carboxylic acids is 2. The number of carbonyl (C=O) groups is 3. The molecule has 1 unspecified atom stereocenters. The molecule has 1 aliphatic rings. The first-order valence-corrected chi connectivity index (χ1v) is 8.05. The average molecular weight is 371 g/mol. The van der Waals surface area contributed by atoms with Crippen LogP contribution in [0.15, 0.2) is 36.6 Å². The van der Waals surface area contributed by atoms with Crippen molar-refractivity contribution in [1.29, 1.82) is 0 Å². The van der Waals surface area contributed by atoms with Crippen LogP contribution < -0.4 is 5.73 Å². The van der Waals surface area contributed by atoms with Gasteiger partial charge in [0.15, 0.2) is 0 Å². The molecule has 3 N–H and O–H groups in total. The number of rotatable bonds is 9. The van der Waals surface area contributed by atoms with Crippen LogP contribution in [0.1, 0.15) is 33.6 Å². The molecule has 0 aliphatic carbocycles. The fraction of sp³-hybridized carbons (Fsp3) is 0.500.